The van der Waals surface area contributed by atoms with Gasteiger partial charge >= 0.3 is 17.9 Å². The zero-order valence-electron chi connectivity index (χ0n) is 45.7. The number of hydrogen-bond donors (Lipinski definition) is 0. The van der Waals surface area contributed by atoms with Crippen molar-refractivity contribution in [2.45, 2.75) is 361 Å². The highest BCUT2D eigenvalue weighted by Gasteiger charge is 2.19. The van der Waals surface area contributed by atoms with Gasteiger partial charge < -0.3 is 14.2 Å². The number of rotatable bonds is 57. The van der Waals surface area contributed by atoms with Gasteiger partial charge in [0.1, 0.15) is 13.2 Å². The molecule has 0 rings (SSSR count). The second-order valence-electron chi connectivity index (χ2n) is 21.0. The van der Waals surface area contributed by atoms with Crippen LogP contribution >= 0.6 is 0 Å². The zero-order chi connectivity index (χ0) is 48.6. The first-order chi connectivity index (χ1) is 33.0. The van der Waals surface area contributed by atoms with Crippen molar-refractivity contribution in [2.75, 3.05) is 13.2 Å². The topological polar surface area (TPSA) is 78.9 Å². The van der Waals surface area contributed by atoms with Crippen LogP contribution in [-0.4, -0.2) is 37.2 Å². The quantitative estimate of drug-likeness (QED) is 0.0343. The van der Waals surface area contributed by atoms with Crippen molar-refractivity contribution in [3.63, 3.8) is 0 Å². The Morgan fingerprint density at radius 2 is 0.403 bits per heavy atom. The van der Waals surface area contributed by atoms with Crippen LogP contribution in [0, 0.1) is 0 Å². The van der Waals surface area contributed by atoms with Gasteiger partial charge in [0, 0.05) is 19.3 Å². The van der Waals surface area contributed by atoms with Gasteiger partial charge in [0.05, 0.1) is 0 Å². The normalized spacial score (nSPS) is 11.9. The maximum atomic E-state index is 12.9. The summed E-state index contributed by atoms with van der Waals surface area (Å²) in [5.41, 5.74) is 0. The van der Waals surface area contributed by atoms with E-state index < -0.39 is 6.10 Å². The number of ether oxygens (including phenoxy) is 3. The molecule has 0 amide bonds. The molecular formula is C61H118O6. The maximum absolute atomic E-state index is 12.9. The van der Waals surface area contributed by atoms with E-state index in [-0.39, 0.29) is 31.1 Å². The molecule has 398 valence electrons. The van der Waals surface area contributed by atoms with E-state index in [1.165, 1.54) is 257 Å². The van der Waals surface area contributed by atoms with E-state index in [2.05, 4.69) is 20.8 Å². The molecule has 0 fully saturated rings. The lowest BCUT2D eigenvalue weighted by molar-refractivity contribution is -0.167. The first-order valence-electron chi connectivity index (χ1n) is 30.5. The highest BCUT2D eigenvalue weighted by atomic mass is 16.6. The van der Waals surface area contributed by atoms with Crippen LogP contribution < -0.4 is 0 Å². The van der Waals surface area contributed by atoms with Crippen LogP contribution in [0.3, 0.4) is 0 Å². The molecule has 67 heavy (non-hydrogen) atoms. The number of esters is 3. The molecule has 0 aromatic rings. The standard InChI is InChI=1S/C61H118O6/c1-4-7-10-13-16-19-22-25-28-30-32-34-37-39-42-45-48-51-54-60(63)66-57-58(67-61(64)55-52-49-46-43-40-35-27-24-21-18-15-12-9-6-3)56-65-59(62)53-50-47-44-41-38-36-33-31-29-26-23-20-17-14-11-8-5-2/h58H,4-57H2,1-3H3/t58-/m1/s1. The minimum Gasteiger partial charge on any atom is -0.462 e. The third-order valence-corrected chi connectivity index (χ3v) is 14.1. The Balaban J connectivity index is 4.27. The molecule has 6 heteroatoms. The molecule has 0 bridgehead atoms. The van der Waals surface area contributed by atoms with Gasteiger partial charge in [-0.05, 0) is 19.3 Å². The SMILES string of the molecule is CCCCCCCCCCCCCCCCCCCCC(=O)OC[C@@H](COC(=O)CCCCCCCCCCCCCCCCCCC)OC(=O)CCCCCCCCCCCCCCCC. The van der Waals surface area contributed by atoms with Crippen molar-refractivity contribution < 1.29 is 28.6 Å². The first-order valence-corrected chi connectivity index (χ1v) is 30.5. The monoisotopic (exact) mass is 947 g/mol. The number of unbranched alkanes of at least 4 members (excludes halogenated alkanes) is 46. The van der Waals surface area contributed by atoms with Gasteiger partial charge in [-0.15, -0.1) is 0 Å². The summed E-state index contributed by atoms with van der Waals surface area (Å²) in [6.07, 6.45) is 63.8. The van der Waals surface area contributed by atoms with E-state index in [0.717, 1.165) is 57.8 Å². The van der Waals surface area contributed by atoms with Crippen molar-refractivity contribution in [3.05, 3.63) is 0 Å². The van der Waals surface area contributed by atoms with Crippen LogP contribution in [0.15, 0.2) is 0 Å². The Morgan fingerprint density at radius 1 is 0.239 bits per heavy atom. The molecule has 6 nitrogen and oxygen atoms in total. The summed E-state index contributed by atoms with van der Waals surface area (Å²) < 4.78 is 16.9. The molecule has 0 aromatic heterocycles. The lowest BCUT2D eigenvalue weighted by Gasteiger charge is -2.18. The van der Waals surface area contributed by atoms with Crippen molar-refractivity contribution in [1.82, 2.24) is 0 Å². The number of carbonyl (C=O) groups excluding carboxylic acids is 3. The van der Waals surface area contributed by atoms with Gasteiger partial charge in [0.2, 0.25) is 0 Å². The molecule has 0 N–H and O–H groups in total. The van der Waals surface area contributed by atoms with E-state index in [0.29, 0.717) is 19.3 Å². The van der Waals surface area contributed by atoms with Gasteiger partial charge in [0.25, 0.3) is 0 Å². The van der Waals surface area contributed by atoms with Crippen molar-refractivity contribution in [3.8, 4) is 0 Å². The average Bonchev–Trinajstić information content (AvgIpc) is 3.33. The Labute approximate surface area is 418 Å². The van der Waals surface area contributed by atoms with Crippen molar-refractivity contribution >= 4 is 17.9 Å². The van der Waals surface area contributed by atoms with Gasteiger partial charge in [0.15, 0.2) is 6.10 Å². The fourth-order valence-electron chi connectivity index (χ4n) is 9.51. The van der Waals surface area contributed by atoms with Crippen LogP contribution in [0.2, 0.25) is 0 Å². The summed E-state index contributed by atoms with van der Waals surface area (Å²) in [6.45, 7) is 6.72. The molecule has 0 unspecified atom stereocenters. The van der Waals surface area contributed by atoms with Gasteiger partial charge in [-0.2, -0.15) is 0 Å². The largest absolute Gasteiger partial charge is 0.462 e. The molecule has 0 spiro atoms. The lowest BCUT2D eigenvalue weighted by Crippen LogP contribution is -2.30. The molecule has 0 saturated carbocycles. The fourth-order valence-corrected chi connectivity index (χ4v) is 9.51. The van der Waals surface area contributed by atoms with Crippen LogP contribution in [0.5, 0.6) is 0 Å². The maximum Gasteiger partial charge on any atom is 0.306 e. The third kappa shape index (κ3) is 55.2. The summed E-state index contributed by atoms with van der Waals surface area (Å²) in [7, 11) is 0. The minimum absolute atomic E-state index is 0.0607. The van der Waals surface area contributed by atoms with E-state index in [4.69, 9.17) is 14.2 Å². The lowest BCUT2D eigenvalue weighted by atomic mass is 10.0. The number of hydrogen-bond acceptors (Lipinski definition) is 6. The molecule has 0 aliphatic heterocycles. The van der Waals surface area contributed by atoms with Gasteiger partial charge in [-0.1, -0.05) is 316 Å². The summed E-state index contributed by atoms with van der Waals surface area (Å²) in [5, 5.41) is 0. The summed E-state index contributed by atoms with van der Waals surface area (Å²) in [4.78, 5) is 38.2. The molecule has 0 aromatic carbocycles. The van der Waals surface area contributed by atoms with E-state index >= 15 is 0 Å². The molecule has 1 atom stereocenters. The third-order valence-electron chi connectivity index (χ3n) is 14.1. The van der Waals surface area contributed by atoms with Crippen LogP contribution in [0.25, 0.3) is 0 Å². The van der Waals surface area contributed by atoms with Crippen LogP contribution in [0.4, 0.5) is 0 Å². The average molecular weight is 948 g/mol. The summed E-state index contributed by atoms with van der Waals surface area (Å²) in [6, 6.07) is 0. The Morgan fingerprint density at radius 3 is 0.597 bits per heavy atom. The van der Waals surface area contributed by atoms with Crippen molar-refractivity contribution in [2.24, 2.45) is 0 Å². The van der Waals surface area contributed by atoms with E-state index in [1.807, 2.05) is 0 Å². The Bertz CT molecular complexity index is 998. The molecule has 0 saturated heterocycles. The second-order valence-corrected chi connectivity index (χ2v) is 21.0. The molecule has 0 radical (unpaired) electrons. The predicted octanol–water partition coefficient (Wildman–Crippen LogP) is 20.3. The first kappa shape index (κ1) is 65.4. The highest BCUT2D eigenvalue weighted by Crippen LogP contribution is 2.18. The predicted molar refractivity (Wildman–Crippen MR) is 289 cm³/mol. The minimum atomic E-state index is -0.761. The van der Waals surface area contributed by atoms with Gasteiger partial charge in [-0.3, -0.25) is 14.4 Å². The van der Waals surface area contributed by atoms with Gasteiger partial charge in [-0.25, -0.2) is 0 Å². The van der Waals surface area contributed by atoms with Crippen LogP contribution in [-0.2, 0) is 28.6 Å². The fraction of sp³-hybridized carbons (Fsp3) is 0.951. The second kappa shape index (κ2) is 57.0. The van der Waals surface area contributed by atoms with Crippen LogP contribution in [0.1, 0.15) is 355 Å². The molecular weight excluding hydrogens is 829 g/mol. The zero-order valence-corrected chi connectivity index (χ0v) is 45.7. The molecule has 0 aliphatic rings. The summed E-state index contributed by atoms with van der Waals surface area (Å²) in [5.74, 6) is -0.828. The van der Waals surface area contributed by atoms with Crippen molar-refractivity contribution in [1.29, 1.82) is 0 Å². The highest BCUT2D eigenvalue weighted by molar-refractivity contribution is 5.71. The Hall–Kier alpha value is -1.59. The van der Waals surface area contributed by atoms with E-state index in [9.17, 15) is 14.4 Å². The molecule has 0 aliphatic carbocycles. The summed E-state index contributed by atoms with van der Waals surface area (Å²) >= 11 is 0. The number of carbonyl (C=O) groups is 3. The smallest absolute Gasteiger partial charge is 0.306 e. The Kier molecular flexibility index (Phi) is 55.6. The van der Waals surface area contributed by atoms with E-state index in [1.54, 1.807) is 0 Å². The molecule has 0 heterocycles.